The number of carbonyl (C=O) groups excluding carboxylic acids is 2. The molecule has 2 amide bonds. The van der Waals surface area contributed by atoms with Crippen LogP contribution < -0.4 is 5.32 Å². The van der Waals surface area contributed by atoms with Crippen LogP contribution in [0.2, 0.25) is 0 Å². The van der Waals surface area contributed by atoms with Crippen molar-refractivity contribution >= 4 is 11.8 Å². The van der Waals surface area contributed by atoms with Crippen molar-refractivity contribution in [1.29, 1.82) is 5.26 Å². The van der Waals surface area contributed by atoms with Crippen LogP contribution in [0.15, 0.2) is 48.5 Å². The van der Waals surface area contributed by atoms with E-state index in [1.807, 2.05) is 43.3 Å². The molecule has 26 heavy (non-hydrogen) atoms. The van der Waals surface area contributed by atoms with Gasteiger partial charge in [0.05, 0.1) is 17.6 Å². The van der Waals surface area contributed by atoms with Gasteiger partial charge in [-0.25, -0.2) is 0 Å². The molecule has 132 valence electrons. The summed E-state index contributed by atoms with van der Waals surface area (Å²) in [4.78, 5) is 26.4. The molecule has 1 atom stereocenters. The van der Waals surface area contributed by atoms with E-state index in [0.29, 0.717) is 25.2 Å². The van der Waals surface area contributed by atoms with Gasteiger partial charge in [-0.1, -0.05) is 42.0 Å². The summed E-state index contributed by atoms with van der Waals surface area (Å²) < 4.78 is 0. The predicted octanol–water partition coefficient (Wildman–Crippen LogP) is 2.53. The number of nitrogens with one attached hydrogen (secondary N) is 1. The Labute approximate surface area is 153 Å². The zero-order chi connectivity index (χ0) is 18.5. The maximum atomic E-state index is 12.4. The van der Waals surface area contributed by atoms with E-state index in [1.165, 1.54) is 5.56 Å². The minimum absolute atomic E-state index is 0.0177. The van der Waals surface area contributed by atoms with Gasteiger partial charge in [-0.15, -0.1) is 0 Å². The summed E-state index contributed by atoms with van der Waals surface area (Å²) in [5.74, 6) is -0.399. The van der Waals surface area contributed by atoms with Gasteiger partial charge < -0.3 is 10.2 Å². The van der Waals surface area contributed by atoms with E-state index in [9.17, 15) is 9.59 Å². The van der Waals surface area contributed by atoms with E-state index in [1.54, 1.807) is 17.0 Å². The zero-order valence-corrected chi connectivity index (χ0v) is 14.7. The second-order valence-corrected chi connectivity index (χ2v) is 6.69. The van der Waals surface area contributed by atoms with Gasteiger partial charge >= 0.3 is 0 Å². The maximum absolute atomic E-state index is 12.4. The fourth-order valence-electron chi connectivity index (χ4n) is 3.05. The summed E-state index contributed by atoms with van der Waals surface area (Å²) >= 11 is 0. The van der Waals surface area contributed by atoms with Gasteiger partial charge in [0, 0.05) is 26.1 Å². The van der Waals surface area contributed by atoms with Crippen LogP contribution in [0, 0.1) is 24.2 Å². The molecule has 0 bridgehead atoms. The Morgan fingerprint density at radius 2 is 1.81 bits per heavy atom. The van der Waals surface area contributed by atoms with Gasteiger partial charge in [0.15, 0.2) is 0 Å². The molecule has 1 aliphatic heterocycles. The van der Waals surface area contributed by atoms with Gasteiger partial charge in [-0.2, -0.15) is 5.26 Å². The second kappa shape index (κ2) is 7.83. The van der Waals surface area contributed by atoms with Crippen molar-refractivity contribution in [1.82, 2.24) is 10.2 Å². The molecule has 3 rings (SSSR count). The van der Waals surface area contributed by atoms with Gasteiger partial charge in [-0.3, -0.25) is 9.59 Å². The predicted molar refractivity (Wildman–Crippen MR) is 97.7 cm³/mol. The van der Waals surface area contributed by atoms with E-state index < -0.39 is 0 Å². The van der Waals surface area contributed by atoms with E-state index >= 15 is 0 Å². The Balaban J connectivity index is 1.53. The van der Waals surface area contributed by atoms with Gasteiger partial charge in [0.25, 0.3) is 0 Å². The molecule has 1 N–H and O–H groups in total. The van der Waals surface area contributed by atoms with Gasteiger partial charge in [0.1, 0.15) is 0 Å². The lowest BCUT2D eigenvalue weighted by Crippen LogP contribution is -2.32. The van der Waals surface area contributed by atoms with Crippen LogP contribution in [-0.4, -0.2) is 23.3 Å². The molecule has 0 saturated carbocycles. The monoisotopic (exact) mass is 347 g/mol. The van der Waals surface area contributed by atoms with Gasteiger partial charge in [-0.05, 0) is 30.2 Å². The number of amides is 2. The first-order valence-electron chi connectivity index (χ1n) is 8.65. The van der Waals surface area contributed by atoms with Crippen LogP contribution in [-0.2, 0) is 22.7 Å². The van der Waals surface area contributed by atoms with Crippen LogP contribution >= 0.6 is 0 Å². The highest BCUT2D eigenvalue weighted by molar-refractivity contribution is 5.89. The largest absolute Gasteiger partial charge is 0.352 e. The molecule has 1 heterocycles. The van der Waals surface area contributed by atoms with Crippen LogP contribution in [0.4, 0.5) is 0 Å². The summed E-state index contributed by atoms with van der Waals surface area (Å²) in [6.45, 7) is 3.41. The molecule has 5 nitrogen and oxygen atoms in total. The summed E-state index contributed by atoms with van der Waals surface area (Å²) in [6, 6.07) is 17.2. The smallest absolute Gasteiger partial charge is 0.225 e. The van der Waals surface area contributed by atoms with Crippen molar-refractivity contribution in [3.8, 4) is 6.07 Å². The molecule has 0 radical (unpaired) electrons. The Hall–Kier alpha value is -3.13. The number of hydrogen-bond acceptors (Lipinski definition) is 3. The van der Waals surface area contributed by atoms with Crippen molar-refractivity contribution in [2.24, 2.45) is 5.92 Å². The highest BCUT2D eigenvalue weighted by Gasteiger charge is 2.34. The lowest BCUT2D eigenvalue weighted by molar-refractivity contribution is -0.129. The SMILES string of the molecule is Cc1ccc(CN2CC(C(=O)NCc3ccc(C#N)cc3)CC2=O)cc1. The highest BCUT2D eigenvalue weighted by Crippen LogP contribution is 2.20. The fraction of sp³-hybridized carbons (Fsp3) is 0.286. The number of benzene rings is 2. The Bertz CT molecular complexity index is 835. The molecule has 1 fully saturated rings. The molecule has 0 aliphatic carbocycles. The minimum Gasteiger partial charge on any atom is -0.352 e. The molecule has 5 heteroatoms. The van der Waals surface area contributed by atoms with Crippen molar-refractivity contribution < 1.29 is 9.59 Å². The van der Waals surface area contributed by atoms with Crippen LogP contribution in [0.25, 0.3) is 0 Å². The summed E-state index contributed by atoms with van der Waals surface area (Å²) in [5, 5.41) is 11.7. The van der Waals surface area contributed by atoms with E-state index in [0.717, 1.165) is 11.1 Å². The number of aryl methyl sites for hydroxylation is 1. The van der Waals surface area contributed by atoms with E-state index in [2.05, 4.69) is 11.4 Å². The summed E-state index contributed by atoms with van der Waals surface area (Å²) in [7, 11) is 0. The molecule has 0 spiro atoms. The van der Waals surface area contributed by atoms with Crippen molar-refractivity contribution in [2.75, 3.05) is 6.54 Å². The number of hydrogen-bond donors (Lipinski definition) is 1. The molecular weight excluding hydrogens is 326 g/mol. The van der Waals surface area contributed by atoms with Gasteiger partial charge in [0.2, 0.25) is 11.8 Å². The van der Waals surface area contributed by atoms with E-state index in [-0.39, 0.29) is 24.2 Å². The molecule has 0 aromatic heterocycles. The van der Waals surface area contributed by atoms with Crippen LogP contribution in [0.5, 0.6) is 0 Å². The fourth-order valence-corrected chi connectivity index (χ4v) is 3.05. The quantitative estimate of drug-likeness (QED) is 0.903. The number of carbonyl (C=O) groups is 2. The average molecular weight is 347 g/mol. The summed E-state index contributed by atoms with van der Waals surface area (Å²) in [5.41, 5.74) is 3.77. The lowest BCUT2D eigenvalue weighted by atomic mass is 10.1. The Kier molecular flexibility index (Phi) is 5.33. The normalized spacial score (nSPS) is 16.4. The molecule has 1 unspecified atom stereocenters. The molecule has 1 saturated heterocycles. The van der Waals surface area contributed by atoms with E-state index in [4.69, 9.17) is 5.26 Å². The molecule has 2 aromatic carbocycles. The number of rotatable bonds is 5. The standard InChI is InChI=1S/C21H21N3O2/c1-15-2-4-18(5-3-15)13-24-14-19(10-20(24)25)21(26)23-12-17-8-6-16(11-22)7-9-17/h2-9,19H,10,12-14H2,1H3,(H,23,26). The van der Waals surface area contributed by atoms with Crippen molar-refractivity contribution in [2.45, 2.75) is 26.4 Å². The first-order valence-corrected chi connectivity index (χ1v) is 8.65. The topological polar surface area (TPSA) is 73.2 Å². The summed E-state index contributed by atoms with van der Waals surface area (Å²) in [6.07, 6.45) is 0.255. The highest BCUT2D eigenvalue weighted by atomic mass is 16.2. The van der Waals surface area contributed by atoms with Crippen LogP contribution in [0.1, 0.15) is 28.7 Å². The zero-order valence-electron chi connectivity index (χ0n) is 14.7. The van der Waals surface area contributed by atoms with Crippen molar-refractivity contribution in [3.05, 3.63) is 70.8 Å². The molecule has 2 aromatic rings. The minimum atomic E-state index is -0.314. The molecular formula is C21H21N3O2. The van der Waals surface area contributed by atoms with Crippen LogP contribution in [0.3, 0.4) is 0 Å². The Morgan fingerprint density at radius 1 is 1.15 bits per heavy atom. The van der Waals surface area contributed by atoms with Crippen molar-refractivity contribution in [3.63, 3.8) is 0 Å². The molecule has 1 aliphatic rings. The maximum Gasteiger partial charge on any atom is 0.225 e. The number of nitriles is 1. The lowest BCUT2D eigenvalue weighted by Gasteiger charge is -2.17. The third-order valence-electron chi connectivity index (χ3n) is 4.63. The second-order valence-electron chi connectivity index (χ2n) is 6.69. The first kappa shape index (κ1) is 17.7. The Morgan fingerprint density at radius 3 is 2.46 bits per heavy atom. The third kappa shape index (κ3) is 4.28. The average Bonchev–Trinajstić information content (AvgIpc) is 3.02. The third-order valence-corrected chi connectivity index (χ3v) is 4.63. The number of nitrogens with zero attached hydrogens (tertiary/aromatic N) is 2. The first-order chi connectivity index (χ1) is 12.5. The number of likely N-dealkylation sites (tertiary alicyclic amines) is 1.